The van der Waals surface area contributed by atoms with Gasteiger partial charge in [-0.1, -0.05) is 0 Å². The van der Waals surface area contributed by atoms with Crippen LogP contribution in [-0.2, 0) is 17.5 Å². The summed E-state index contributed by atoms with van der Waals surface area (Å²) in [4.78, 5) is 23.2. The van der Waals surface area contributed by atoms with Gasteiger partial charge >= 0.3 is 6.18 Å². The normalized spacial score (nSPS) is 11.3. The molecule has 1 heterocycles. The average molecular weight is 385 g/mol. The van der Waals surface area contributed by atoms with Crippen molar-refractivity contribution < 1.29 is 22.9 Å². The lowest BCUT2D eigenvalue weighted by atomic mass is 10.1. The highest BCUT2D eigenvalue weighted by Gasteiger charge is 2.33. The second-order valence-electron chi connectivity index (χ2n) is 5.97. The molecule has 1 aromatic heterocycles. The Balaban J connectivity index is 2.08. The van der Waals surface area contributed by atoms with E-state index in [1.54, 1.807) is 25.0 Å². The molecule has 1 amide bonds. The molecular weight excluding hydrogens is 367 g/mol. The van der Waals surface area contributed by atoms with Crippen LogP contribution in [0.3, 0.4) is 0 Å². The Morgan fingerprint density at radius 1 is 1.33 bits per heavy atom. The summed E-state index contributed by atoms with van der Waals surface area (Å²) < 4.78 is 39.7. The molecule has 0 spiro atoms. The number of rotatable bonds is 7. The van der Waals surface area contributed by atoms with Gasteiger partial charge in [-0.15, -0.1) is 0 Å². The summed E-state index contributed by atoms with van der Waals surface area (Å²) >= 11 is 0. The molecule has 8 nitrogen and oxygen atoms in total. The standard InChI is InChI=1S/C16H18F3N5O3/c1-22(2)15(25)4-3-8-23-9-7-14(21-23)20-12-6-5-11(16(17,18)19)10-13(12)24(26)27/h5-7,9-10H,3-4,8H2,1-2H3,(H,20,21). The molecule has 0 aliphatic heterocycles. The van der Waals surface area contributed by atoms with Crippen molar-refractivity contribution in [3.05, 3.63) is 46.1 Å². The number of alkyl halides is 3. The molecule has 0 aliphatic rings. The first kappa shape index (κ1) is 20.2. The number of aryl methyl sites for hydroxylation is 1. The van der Waals surface area contributed by atoms with Crippen molar-refractivity contribution in [2.24, 2.45) is 0 Å². The summed E-state index contributed by atoms with van der Waals surface area (Å²) in [6.07, 6.45) is -2.16. The van der Waals surface area contributed by atoms with E-state index in [9.17, 15) is 28.1 Å². The third-order valence-corrected chi connectivity index (χ3v) is 3.70. The van der Waals surface area contributed by atoms with E-state index in [-0.39, 0.29) is 17.4 Å². The number of halogens is 3. The van der Waals surface area contributed by atoms with Gasteiger partial charge in [0.25, 0.3) is 5.69 Å². The number of benzene rings is 1. The van der Waals surface area contributed by atoms with Gasteiger partial charge in [-0.2, -0.15) is 18.3 Å². The summed E-state index contributed by atoms with van der Waals surface area (Å²) in [7, 11) is 3.32. The fourth-order valence-corrected chi connectivity index (χ4v) is 2.27. The number of anilines is 2. The minimum atomic E-state index is -4.67. The fourth-order valence-electron chi connectivity index (χ4n) is 2.27. The number of amides is 1. The minimum Gasteiger partial charge on any atom is -0.349 e. The highest BCUT2D eigenvalue weighted by atomic mass is 19.4. The number of nitrogens with zero attached hydrogens (tertiary/aromatic N) is 4. The van der Waals surface area contributed by atoms with E-state index in [0.717, 1.165) is 12.1 Å². The Bertz CT molecular complexity index is 833. The molecule has 2 aromatic rings. The lowest BCUT2D eigenvalue weighted by Crippen LogP contribution is -2.21. The van der Waals surface area contributed by atoms with E-state index in [4.69, 9.17) is 0 Å². The van der Waals surface area contributed by atoms with E-state index in [1.165, 1.54) is 11.0 Å². The first-order valence-electron chi connectivity index (χ1n) is 7.94. The molecule has 0 bridgehead atoms. The van der Waals surface area contributed by atoms with Crippen molar-refractivity contribution in [3.63, 3.8) is 0 Å². The van der Waals surface area contributed by atoms with Gasteiger partial charge in [-0.25, -0.2) is 0 Å². The van der Waals surface area contributed by atoms with Crippen molar-refractivity contribution in [1.29, 1.82) is 0 Å². The van der Waals surface area contributed by atoms with Gasteiger partial charge < -0.3 is 10.2 Å². The Labute approximate surface area is 152 Å². The average Bonchev–Trinajstić information content (AvgIpc) is 3.01. The molecule has 1 aromatic carbocycles. The molecule has 0 saturated carbocycles. The maximum absolute atomic E-state index is 12.7. The van der Waals surface area contributed by atoms with Crippen molar-refractivity contribution in [2.45, 2.75) is 25.6 Å². The largest absolute Gasteiger partial charge is 0.416 e. The number of nitro benzene ring substituents is 1. The molecule has 0 aliphatic carbocycles. The van der Waals surface area contributed by atoms with E-state index in [2.05, 4.69) is 10.4 Å². The predicted molar refractivity (Wildman–Crippen MR) is 91.5 cm³/mol. The minimum absolute atomic E-state index is 0.0131. The van der Waals surface area contributed by atoms with Crippen LogP contribution >= 0.6 is 0 Å². The number of carbonyl (C=O) groups is 1. The molecule has 0 fully saturated rings. The first-order chi connectivity index (χ1) is 12.6. The Morgan fingerprint density at radius 2 is 2.04 bits per heavy atom. The fraction of sp³-hybridized carbons (Fsp3) is 0.375. The Kier molecular flexibility index (Phi) is 6.03. The van der Waals surface area contributed by atoms with Crippen LogP contribution in [0, 0.1) is 10.1 Å². The summed E-state index contributed by atoms with van der Waals surface area (Å²) in [5.74, 6) is 0.234. The van der Waals surface area contributed by atoms with Gasteiger partial charge in [-0.3, -0.25) is 19.6 Å². The number of hydrogen-bond acceptors (Lipinski definition) is 5. The molecule has 0 radical (unpaired) electrons. The van der Waals surface area contributed by atoms with E-state index >= 15 is 0 Å². The van der Waals surface area contributed by atoms with Gasteiger partial charge in [0.05, 0.1) is 10.5 Å². The quantitative estimate of drug-likeness (QED) is 0.582. The van der Waals surface area contributed by atoms with Crippen LogP contribution in [0.1, 0.15) is 18.4 Å². The van der Waals surface area contributed by atoms with Gasteiger partial charge in [0.1, 0.15) is 5.69 Å². The van der Waals surface area contributed by atoms with Crippen molar-refractivity contribution in [1.82, 2.24) is 14.7 Å². The molecule has 11 heteroatoms. The number of hydrogen-bond donors (Lipinski definition) is 1. The predicted octanol–water partition coefficient (Wildman–Crippen LogP) is 3.42. The van der Waals surface area contributed by atoms with E-state index in [1.807, 2.05) is 0 Å². The van der Waals surface area contributed by atoms with Crippen molar-refractivity contribution in [2.75, 3.05) is 19.4 Å². The van der Waals surface area contributed by atoms with Gasteiger partial charge in [0, 0.05) is 45.4 Å². The maximum Gasteiger partial charge on any atom is 0.416 e. The van der Waals surface area contributed by atoms with E-state index < -0.39 is 22.4 Å². The summed E-state index contributed by atoms with van der Waals surface area (Å²) in [6, 6.07) is 3.77. The molecule has 0 unspecified atom stereocenters. The molecule has 27 heavy (non-hydrogen) atoms. The zero-order valence-electron chi connectivity index (χ0n) is 14.7. The van der Waals surface area contributed by atoms with Gasteiger partial charge in [0.2, 0.25) is 5.91 Å². The number of aromatic nitrogens is 2. The SMILES string of the molecule is CN(C)C(=O)CCCn1ccc(Nc2ccc(C(F)(F)F)cc2[N+](=O)[O-])n1. The summed E-state index contributed by atoms with van der Waals surface area (Å²) in [5, 5.41) is 17.9. The van der Waals surface area contributed by atoms with E-state index in [0.29, 0.717) is 25.5 Å². The maximum atomic E-state index is 12.7. The number of carbonyl (C=O) groups excluding carboxylic acids is 1. The highest BCUT2D eigenvalue weighted by molar-refractivity contribution is 5.75. The second-order valence-corrected chi connectivity index (χ2v) is 5.97. The zero-order chi connectivity index (χ0) is 20.2. The third-order valence-electron chi connectivity index (χ3n) is 3.70. The smallest absolute Gasteiger partial charge is 0.349 e. The van der Waals surface area contributed by atoms with Crippen LogP contribution in [0.25, 0.3) is 0 Å². The molecule has 2 rings (SSSR count). The van der Waals surface area contributed by atoms with Crippen molar-refractivity contribution >= 4 is 23.1 Å². The van der Waals surface area contributed by atoms with Gasteiger partial charge in [-0.05, 0) is 18.6 Å². The summed E-state index contributed by atoms with van der Waals surface area (Å²) in [5.41, 5.74) is -1.90. The second kappa shape index (κ2) is 8.06. The Hall–Kier alpha value is -3.11. The first-order valence-corrected chi connectivity index (χ1v) is 7.94. The van der Waals surface area contributed by atoms with Gasteiger partial charge in [0.15, 0.2) is 5.82 Å². The number of nitrogens with one attached hydrogen (secondary N) is 1. The monoisotopic (exact) mass is 385 g/mol. The van der Waals surface area contributed by atoms with Crippen LogP contribution in [0.15, 0.2) is 30.5 Å². The van der Waals surface area contributed by atoms with Crippen LogP contribution in [0.5, 0.6) is 0 Å². The molecule has 146 valence electrons. The van der Waals surface area contributed by atoms with Crippen LogP contribution in [-0.4, -0.2) is 39.6 Å². The highest BCUT2D eigenvalue weighted by Crippen LogP contribution is 2.35. The van der Waals surface area contributed by atoms with Crippen molar-refractivity contribution in [3.8, 4) is 0 Å². The molecular formula is C16H18F3N5O3. The lowest BCUT2D eigenvalue weighted by molar-refractivity contribution is -0.384. The molecule has 1 N–H and O–H groups in total. The van der Waals surface area contributed by atoms with Crippen LogP contribution < -0.4 is 5.32 Å². The molecule has 0 atom stereocenters. The third kappa shape index (κ3) is 5.43. The number of nitro groups is 1. The lowest BCUT2D eigenvalue weighted by Gasteiger charge is -2.10. The topological polar surface area (TPSA) is 93.3 Å². The zero-order valence-corrected chi connectivity index (χ0v) is 14.7. The Morgan fingerprint density at radius 3 is 2.63 bits per heavy atom. The molecule has 0 saturated heterocycles. The van der Waals surface area contributed by atoms with Crippen LogP contribution in [0.4, 0.5) is 30.4 Å². The summed E-state index contributed by atoms with van der Waals surface area (Å²) in [6.45, 7) is 0.455. The van der Waals surface area contributed by atoms with Crippen LogP contribution in [0.2, 0.25) is 0 Å².